The first-order valence-corrected chi connectivity index (χ1v) is 14.0. The van der Waals surface area contributed by atoms with E-state index in [1.807, 2.05) is 48.8 Å². The summed E-state index contributed by atoms with van der Waals surface area (Å²) in [5.41, 5.74) is 3.88. The molecule has 0 N–H and O–H groups in total. The molecule has 1 atom stereocenters. The molecule has 0 amide bonds. The Morgan fingerprint density at radius 3 is 1.97 bits per heavy atom. The fourth-order valence-electron chi connectivity index (χ4n) is 4.89. The minimum Gasteiger partial charge on any atom is -0.350 e. The van der Waals surface area contributed by atoms with Gasteiger partial charge in [-0.3, -0.25) is 4.90 Å². The van der Waals surface area contributed by atoms with Gasteiger partial charge in [0.2, 0.25) is 0 Å². The van der Waals surface area contributed by atoms with Gasteiger partial charge in [0, 0.05) is 49.4 Å². The molecule has 3 aromatic carbocycles. The quantitative estimate of drug-likeness (QED) is 0.276. The fraction of sp³-hybridized carbons (Fsp3) is 0.172. The van der Waals surface area contributed by atoms with Gasteiger partial charge in [-0.25, -0.2) is 17.2 Å². The number of likely N-dealkylation sites (tertiary alicyclic amines) is 1. The summed E-state index contributed by atoms with van der Waals surface area (Å²) >= 11 is 6.14. The van der Waals surface area contributed by atoms with Crippen molar-refractivity contribution in [3.63, 3.8) is 0 Å². The van der Waals surface area contributed by atoms with Gasteiger partial charge in [0.05, 0.1) is 10.9 Å². The van der Waals surface area contributed by atoms with Crippen molar-refractivity contribution in [2.45, 2.75) is 12.6 Å². The molecule has 0 saturated carbocycles. The molecule has 4 aromatic rings. The van der Waals surface area contributed by atoms with E-state index in [-0.39, 0.29) is 16.5 Å². The molecule has 0 aliphatic carbocycles. The molecule has 8 heteroatoms. The molecule has 190 valence electrons. The summed E-state index contributed by atoms with van der Waals surface area (Å²) in [5.74, 6) is -1.63. The first-order chi connectivity index (χ1) is 17.7. The van der Waals surface area contributed by atoms with Crippen LogP contribution < -0.4 is 0 Å². The summed E-state index contributed by atoms with van der Waals surface area (Å²) in [6.07, 6.45) is 5.10. The predicted molar refractivity (Wildman–Crippen MR) is 143 cm³/mol. The second-order valence-corrected chi connectivity index (χ2v) is 11.7. The minimum atomic E-state index is -3.73. The number of aromatic nitrogens is 1. The van der Waals surface area contributed by atoms with Crippen molar-refractivity contribution in [2.75, 3.05) is 19.3 Å². The normalized spacial score (nSPS) is 14.9. The first-order valence-electron chi connectivity index (χ1n) is 11.7. The standard InChI is InChI=1S/C29H25ClF2N2O2S/c1-37(35,36)29(23-14-26(31)16-27(32)15-23)24-18-34(19-24)28(22-8-10-25(30)11-9-22)21-6-4-20(5-7-21)17-33-12-2-3-13-33/h2-16,28H,17-19H2,1H3/t28-/m0/s1. The number of hydrogen-bond donors (Lipinski definition) is 0. The van der Waals surface area contributed by atoms with Gasteiger partial charge < -0.3 is 4.57 Å². The number of halogens is 3. The molecule has 0 spiro atoms. The van der Waals surface area contributed by atoms with Gasteiger partial charge in [0.15, 0.2) is 9.84 Å². The van der Waals surface area contributed by atoms with Crippen molar-refractivity contribution in [2.24, 2.45) is 0 Å². The molecule has 1 saturated heterocycles. The molecule has 37 heavy (non-hydrogen) atoms. The molecule has 4 nitrogen and oxygen atoms in total. The maximum Gasteiger partial charge on any atom is 0.176 e. The van der Waals surface area contributed by atoms with E-state index < -0.39 is 21.5 Å². The summed E-state index contributed by atoms with van der Waals surface area (Å²) in [6, 6.07) is 22.6. The summed E-state index contributed by atoms with van der Waals surface area (Å²) in [6.45, 7) is 1.45. The van der Waals surface area contributed by atoms with Crippen LogP contribution in [-0.2, 0) is 16.4 Å². The Kier molecular flexibility index (Phi) is 7.03. The maximum absolute atomic E-state index is 13.9. The van der Waals surface area contributed by atoms with E-state index in [1.54, 1.807) is 0 Å². The van der Waals surface area contributed by atoms with Crippen LogP contribution in [0.25, 0.3) is 4.91 Å². The highest BCUT2D eigenvalue weighted by atomic mass is 35.5. The highest BCUT2D eigenvalue weighted by Gasteiger charge is 2.35. The lowest BCUT2D eigenvalue weighted by Crippen LogP contribution is -2.44. The average molecular weight is 539 g/mol. The SMILES string of the molecule is CS(=O)(=O)C(=C1CN([C@H](c2ccc(Cl)cc2)c2ccc(Cn3cccc3)cc2)C1)c1cc(F)cc(F)c1. The molecular formula is C29H25ClF2N2O2S. The molecule has 0 bridgehead atoms. The van der Waals surface area contributed by atoms with Gasteiger partial charge in [-0.1, -0.05) is 48.0 Å². The smallest absolute Gasteiger partial charge is 0.176 e. The van der Waals surface area contributed by atoms with E-state index in [2.05, 4.69) is 33.7 Å². The third-order valence-corrected chi connectivity index (χ3v) is 8.00. The Balaban J connectivity index is 1.48. The molecule has 5 rings (SSSR count). The minimum absolute atomic E-state index is 0.0147. The molecule has 1 aliphatic heterocycles. The van der Waals surface area contributed by atoms with Gasteiger partial charge in [0.25, 0.3) is 0 Å². The van der Waals surface area contributed by atoms with E-state index >= 15 is 0 Å². The van der Waals surface area contributed by atoms with E-state index in [1.165, 1.54) is 0 Å². The van der Waals surface area contributed by atoms with Gasteiger partial charge in [-0.05, 0) is 64.2 Å². The summed E-state index contributed by atoms with van der Waals surface area (Å²) < 4.78 is 55.3. The summed E-state index contributed by atoms with van der Waals surface area (Å²) in [7, 11) is -3.73. The molecule has 2 heterocycles. The van der Waals surface area contributed by atoms with Crippen LogP contribution in [0, 0.1) is 11.6 Å². The zero-order valence-corrected chi connectivity index (χ0v) is 21.7. The van der Waals surface area contributed by atoms with Gasteiger partial charge >= 0.3 is 0 Å². The molecule has 0 unspecified atom stereocenters. The zero-order valence-electron chi connectivity index (χ0n) is 20.1. The van der Waals surface area contributed by atoms with Crippen LogP contribution in [0.15, 0.2) is 96.8 Å². The molecule has 1 fully saturated rings. The molecule has 1 aliphatic rings. The monoisotopic (exact) mass is 538 g/mol. The second-order valence-electron chi connectivity index (χ2n) is 9.32. The van der Waals surface area contributed by atoms with Crippen LogP contribution in [0.3, 0.4) is 0 Å². The van der Waals surface area contributed by atoms with Crippen LogP contribution in [0.1, 0.15) is 28.3 Å². The van der Waals surface area contributed by atoms with Crippen molar-refractivity contribution in [3.05, 3.63) is 136 Å². The molecule has 1 aromatic heterocycles. The highest BCUT2D eigenvalue weighted by molar-refractivity contribution is 8.00. The van der Waals surface area contributed by atoms with Crippen molar-refractivity contribution < 1.29 is 17.2 Å². The predicted octanol–water partition coefficient (Wildman–Crippen LogP) is 6.33. The van der Waals surface area contributed by atoms with Gasteiger partial charge in [0.1, 0.15) is 11.6 Å². The van der Waals surface area contributed by atoms with E-state index in [0.717, 1.165) is 47.7 Å². The van der Waals surface area contributed by atoms with Crippen LogP contribution in [0.4, 0.5) is 8.78 Å². The lowest BCUT2D eigenvalue weighted by molar-refractivity contribution is 0.203. The van der Waals surface area contributed by atoms with Crippen LogP contribution in [0.5, 0.6) is 0 Å². The number of hydrogen-bond acceptors (Lipinski definition) is 3. The number of benzene rings is 3. The Morgan fingerprint density at radius 1 is 0.892 bits per heavy atom. The third kappa shape index (κ3) is 5.69. The van der Waals surface area contributed by atoms with Crippen molar-refractivity contribution >= 4 is 26.3 Å². The van der Waals surface area contributed by atoms with Crippen LogP contribution in [-0.4, -0.2) is 37.2 Å². The maximum atomic E-state index is 13.9. The van der Waals surface area contributed by atoms with Gasteiger partial charge in [-0.15, -0.1) is 0 Å². The van der Waals surface area contributed by atoms with E-state index in [9.17, 15) is 17.2 Å². The fourth-order valence-corrected chi connectivity index (χ4v) is 6.21. The second kappa shape index (κ2) is 10.2. The van der Waals surface area contributed by atoms with Crippen LogP contribution in [0.2, 0.25) is 5.02 Å². The third-order valence-electron chi connectivity index (χ3n) is 6.48. The number of rotatable bonds is 7. The Morgan fingerprint density at radius 2 is 1.43 bits per heavy atom. The van der Waals surface area contributed by atoms with Crippen molar-refractivity contribution in [1.29, 1.82) is 0 Å². The van der Waals surface area contributed by atoms with Crippen molar-refractivity contribution in [3.8, 4) is 0 Å². The number of nitrogens with zero attached hydrogens (tertiary/aromatic N) is 2. The van der Waals surface area contributed by atoms with E-state index in [0.29, 0.717) is 23.7 Å². The molecule has 0 radical (unpaired) electrons. The Bertz CT molecular complexity index is 1520. The average Bonchev–Trinajstić information content (AvgIpc) is 3.31. The summed E-state index contributed by atoms with van der Waals surface area (Å²) in [4.78, 5) is 2.12. The lowest BCUT2D eigenvalue weighted by Gasteiger charge is -2.42. The number of sulfone groups is 1. The largest absolute Gasteiger partial charge is 0.350 e. The highest BCUT2D eigenvalue weighted by Crippen LogP contribution is 2.38. The topological polar surface area (TPSA) is 42.3 Å². The molecular weight excluding hydrogens is 514 g/mol. The van der Waals surface area contributed by atoms with Crippen LogP contribution >= 0.6 is 11.6 Å². The lowest BCUT2D eigenvalue weighted by atomic mass is 9.91. The summed E-state index contributed by atoms with van der Waals surface area (Å²) in [5, 5.41) is 0.626. The Hall–Kier alpha value is -3.26. The Labute approximate surface area is 220 Å². The van der Waals surface area contributed by atoms with E-state index in [4.69, 9.17) is 11.6 Å². The van der Waals surface area contributed by atoms with Gasteiger partial charge in [-0.2, -0.15) is 0 Å². The first kappa shape index (κ1) is 25.4. The zero-order chi connectivity index (χ0) is 26.2. The van der Waals surface area contributed by atoms with Crippen molar-refractivity contribution in [1.82, 2.24) is 9.47 Å².